The third kappa shape index (κ3) is 4.63. The van der Waals surface area contributed by atoms with Gasteiger partial charge < -0.3 is 5.32 Å². The van der Waals surface area contributed by atoms with E-state index in [-0.39, 0.29) is 15.4 Å². The van der Waals surface area contributed by atoms with Crippen molar-refractivity contribution in [1.29, 1.82) is 0 Å². The molecule has 124 valence electrons. The Balaban J connectivity index is 2.17. The smallest absolute Gasteiger partial charge is 0.291 e. The zero-order chi connectivity index (χ0) is 17.3. The molecule has 10 heteroatoms. The molecule has 2 aromatic rings. The van der Waals surface area contributed by atoms with Crippen LogP contribution in [0.15, 0.2) is 28.6 Å². The van der Waals surface area contributed by atoms with E-state index in [2.05, 4.69) is 20.2 Å². The topological polar surface area (TPSA) is 101 Å². The van der Waals surface area contributed by atoms with Gasteiger partial charge in [-0.2, -0.15) is 8.42 Å². The average Bonchev–Trinajstić information content (AvgIpc) is 2.86. The van der Waals surface area contributed by atoms with Crippen molar-refractivity contribution >= 4 is 49.7 Å². The molecule has 23 heavy (non-hydrogen) atoms. The number of hydrogen-bond donors (Lipinski definition) is 2. The lowest BCUT2D eigenvalue weighted by molar-refractivity contribution is -0.123. The van der Waals surface area contributed by atoms with Gasteiger partial charge in [0.05, 0.1) is 5.69 Å². The fourth-order valence-electron chi connectivity index (χ4n) is 1.40. The van der Waals surface area contributed by atoms with E-state index < -0.39 is 15.4 Å². The van der Waals surface area contributed by atoms with E-state index in [4.69, 9.17) is 11.6 Å². The van der Waals surface area contributed by atoms with E-state index in [1.165, 1.54) is 6.07 Å². The number of nitrogens with zero attached hydrogens (tertiary/aromatic N) is 2. The molecule has 7 nitrogen and oxygen atoms in total. The summed E-state index contributed by atoms with van der Waals surface area (Å²) in [6.07, 6.45) is 0. The fraction of sp³-hybridized carbons (Fsp3) is 0.308. The van der Waals surface area contributed by atoms with Crippen molar-refractivity contribution in [3.63, 3.8) is 0 Å². The molecule has 0 radical (unpaired) electrons. The molecule has 1 aromatic carbocycles. The average molecular weight is 375 g/mol. The molecular weight excluding hydrogens is 360 g/mol. The fourth-order valence-corrected chi connectivity index (χ4v) is 3.54. The maximum Gasteiger partial charge on any atom is 0.291 e. The number of halogens is 1. The molecule has 0 saturated carbocycles. The first-order valence-electron chi connectivity index (χ1n) is 6.51. The van der Waals surface area contributed by atoms with Crippen LogP contribution in [0, 0.1) is 5.41 Å². The number of carbonyl (C=O) groups is 1. The first kappa shape index (κ1) is 17.6. The quantitative estimate of drug-likeness (QED) is 0.801. The van der Waals surface area contributed by atoms with Crippen molar-refractivity contribution in [2.75, 3.05) is 10.0 Å². The van der Waals surface area contributed by atoms with Crippen LogP contribution in [0.2, 0.25) is 5.02 Å². The summed E-state index contributed by atoms with van der Waals surface area (Å²) in [6.45, 7) is 5.21. The predicted molar refractivity (Wildman–Crippen MR) is 90.3 cm³/mol. The van der Waals surface area contributed by atoms with E-state index in [1.807, 2.05) is 0 Å². The normalized spacial score (nSPS) is 12.0. The number of benzene rings is 1. The Hall–Kier alpha value is -1.71. The lowest BCUT2D eigenvalue weighted by atomic mass is 9.96. The molecule has 0 spiro atoms. The standard InChI is InChI=1S/C13H15ClN4O3S2/c1-13(2,3)10(19)15-11-16-17-12(22-11)23(20,21)18-9-6-4-5-8(14)7-9/h4-7,18H,1-3H3,(H,15,16,19). The summed E-state index contributed by atoms with van der Waals surface area (Å²) in [7, 11) is -3.90. The molecule has 2 rings (SSSR count). The van der Waals surface area contributed by atoms with Crippen LogP contribution in [0.3, 0.4) is 0 Å². The summed E-state index contributed by atoms with van der Waals surface area (Å²) in [4.78, 5) is 11.9. The molecule has 1 heterocycles. The van der Waals surface area contributed by atoms with Crippen molar-refractivity contribution < 1.29 is 13.2 Å². The first-order valence-corrected chi connectivity index (χ1v) is 9.19. The van der Waals surface area contributed by atoms with Gasteiger partial charge in [-0.3, -0.25) is 9.52 Å². The Bertz CT molecular complexity index is 828. The van der Waals surface area contributed by atoms with Gasteiger partial charge in [0.2, 0.25) is 11.0 Å². The molecule has 0 aliphatic heterocycles. The predicted octanol–water partition coefficient (Wildman–Crippen LogP) is 2.98. The van der Waals surface area contributed by atoms with Gasteiger partial charge in [-0.1, -0.05) is 49.8 Å². The molecule has 0 aliphatic carbocycles. The lowest BCUT2D eigenvalue weighted by Gasteiger charge is -2.15. The monoisotopic (exact) mass is 374 g/mol. The van der Waals surface area contributed by atoms with Crippen LogP contribution in [-0.4, -0.2) is 24.5 Å². The van der Waals surface area contributed by atoms with Crippen LogP contribution in [0.1, 0.15) is 20.8 Å². The number of sulfonamides is 1. The Labute approximate surface area is 143 Å². The molecule has 0 aliphatic rings. The van der Waals surface area contributed by atoms with Gasteiger partial charge in [-0.25, -0.2) is 0 Å². The van der Waals surface area contributed by atoms with E-state index >= 15 is 0 Å². The highest BCUT2D eigenvalue weighted by Crippen LogP contribution is 2.25. The van der Waals surface area contributed by atoms with Crippen molar-refractivity contribution in [2.45, 2.75) is 25.1 Å². The van der Waals surface area contributed by atoms with Crippen LogP contribution in [0.4, 0.5) is 10.8 Å². The number of nitrogens with one attached hydrogen (secondary N) is 2. The van der Waals surface area contributed by atoms with Gasteiger partial charge in [0.15, 0.2) is 0 Å². The maximum atomic E-state index is 12.2. The Morgan fingerprint density at radius 1 is 1.26 bits per heavy atom. The number of anilines is 2. The van der Waals surface area contributed by atoms with Gasteiger partial charge in [0, 0.05) is 10.4 Å². The second-order valence-corrected chi connectivity index (χ2v) is 8.96. The Kier molecular flexibility index (Phi) is 4.92. The van der Waals surface area contributed by atoms with Crippen molar-refractivity contribution in [3.05, 3.63) is 29.3 Å². The van der Waals surface area contributed by atoms with Crippen LogP contribution in [0.5, 0.6) is 0 Å². The Morgan fingerprint density at radius 2 is 1.96 bits per heavy atom. The van der Waals surface area contributed by atoms with E-state index in [0.717, 1.165) is 11.3 Å². The summed E-state index contributed by atoms with van der Waals surface area (Å²) in [5.74, 6) is -0.277. The highest BCUT2D eigenvalue weighted by molar-refractivity contribution is 7.94. The summed E-state index contributed by atoms with van der Waals surface area (Å²) in [5.41, 5.74) is -0.308. The van der Waals surface area contributed by atoms with Crippen molar-refractivity contribution in [3.8, 4) is 0 Å². The van der Waals surface area contributed by atoms with Crippen molar-refractivity contribution in [1.82, 2.24) is 10.2 Å². The number of amides is 1. The minimum absolute atomic E-state index is 0.122. The summed E-state index contributed by atoms with van der Waals surface area (Å²) >= 11 is 6.59. The SMILES string of the molecule is CC(C)(C)C(=O)Nc1nnc(S(=O)(=O)Nc2cccc(Cl)c2)s1. The molecule has 1 aromatic heterocycles. The first-order chi connectivity index (χ1) is 10.6. The van der Waals surface area contributed by atoms with Crippen LogP contribution in [0.25, 0.3) is 0 Å². The van der Waals surface area contributed by atoms with Gasteiger partial charge >= 0.3 is 0 Å². The highest BCUT2D eigenvalue weighted by atomic mass is 35.5. The van der Waals surface area contributed by atoms with Crippen LogP contribution < -0.4 is 10.0 Å². The minimum atomic E-state index is -3.90. The van der Waals surface area contributed by atoms with Crippen molar-refractivity contribution in [2.24, 2.45) is 5.41 Å². The molecule has 0 fully saturated rings. The van der Waals surface area contributed by atoms with Crippen LogP contribution >= 0.6 is 22.9 Å². The molecule has 0 saturated heterocycles. The van der Waals surface area contributed by atoms with Gasteiger partial charge in [0.25, 0.3) is 14.4 Å². The van der Waals surface area contributed by atoms with E-state index in [0.29, 0.717) is 10.7 Å². The maximum absolute atomic E-state index is 12.2. The largest absolute Gasteiger partial charge is 0.300 e. The molecule has 0 bridgehead atoms. The molecule has 0 atom stereocenters. The van der Waals surface area contributed by atoms with Gasteiger partial charge in [-0.15, -0.1) is 10.2 Å². The van der Waals surface area contributed by atoms with Gasteiger partial charge in [0.1, 0.15) is 0 Å². The zero-order valence-electron chi connectivity index (χ0n) is 12.6. The minimum Gasteiger partial charge on any atom is -0.300 e. The van der Waals surface area contributed by atoms with E-state index in [9.17, 15) is 13.2 Å². The van der Waals surface area contributed by atoms with E-state index in [1.54, 1.807) is 39.0 Å². The summed E-state index contributed by atoms with van der Waals surface area (Å²) in [5, 5.41) is 10.4. The highest BCUT2D eigenvalue weighted by Gasteiger charge is 2.25. The Morgan fingerprint density at radius 3 is 2.57 bits per heavy atom. The third-order valence-electron chi connectivity index (χ3n) is 2.61. The number of carbonyl (C=O) groups excluding carboxylic acids is 1. The molecule has 1 amide bonds. The summed E-state index contributed by atoms with van der Waals surface area (Å²) in [6, 6.07) is 6.29. The summed E-state index contributed by atoms with van der Waals surface area (Å²) < 4.78 is 26.6. The number of aromatic nitrogens is 2. The van der Waals surface area contributed by atoms with Gasteiger partial charge in [-0.05, 0) is 18.2 Å². The second kappa shape index (κ2) is 6.42. The lowest BCUT2D eigenvalue weighted by Crippen LogP contribution is -2.27. The molecular formula is C13H15ClN4O3S2. The zero-order valence-corrected chi connectivity index (χ0v) is 15.0. The number of hydrogen-bond acceptors (Lipinski definition) is 6. The molecule has 2 N–H and O–H groups in total. The third-order valence-corrected chi connectivity index (χ3v) is 5.44. The van der Waals surface area contributed by atoms with Crippen LogP contribution in [-0.2, 0) is 14.8 Å². The molecule has 0 unspecified atom stereocenters. The second-order valence-electron chi connectivity index (χ2n) is 5.69. The number of rotatable bonds is 4.